The van der Waals surface area contributed by atoms with E-state index in [1.54, 1.807) is 14.2 Å². The summed E-state index contributed by atoms with van der Waals surface area (Å²) in [5.74, 6) is 1.88. The maximum Gasteiger partial charge on any atom is 0.224 e. The first-order valence-electron chi connectivity index (χ1n) is 9.39. The zero-order chi connectivity index (χ0) is 18.9. The number of rotatable bonds is 6. The second-order valence-corrected chi connectivity index (χ2v) is 6.86. The predicted molar refractivity (Wildman–Crippen MR) is 105 cm³/mol. The zero-order valence-corrected chi connectivity index (χ0v) is 16.5. The molecule has 1 aliphatic rings. The number of nitrogens with one attached hydrogen (secondary N) is 1. The van der Waals surface area contributed by atoms with E-state index in [0.717, 1.165) is 37.6 Å². The summed E-state index contributed by atoms with van der Waals surface area (Å²) in [4.78, 5) is 20.8. The third-order valence-electron chi connectivity index (χ3n) is 4.90. The lowest BCUT2D eigenvalue weighted by Crippen LogP contribution is -2.44. The maximum atomic E-state index is 12.4. The molecule has 1 aliphatic heterocycles. The smallest absolute Gasteiger partial charge is 0.224 e. The maximum absolute atomic E-state index is 12.4. The van der Waals surface area contributed by atoms with Gasteiger partial charge in [-0.25, -0.2) is 0 Å². The van der Waals surface area contributed by atoms with Crippen molar-refractivity contribution in [1.29, 1.82) is 0 Å². The molecule has 0 bridgehead atoms. The SMILES string of the molecule is CN=C(NCCC(=O)N1CCCCC1C)N(C)Cc1ccc(OC)cc1. The molecule has 1 fully saturated rings. The molecule has 1 unspecified atom stereocenters. The highest BCUT2D eigenvalue weighted by molar-refractivity contribution is 5.81. The van der Waals surface area contributed by atoms with Crippen molar-refractivity contribution in [3.05, 3.63) is 29.8 Å². The number of carbonyl (C=O) groups excluding carboxylic acids is 1. The average Bonchev–Trinajstić information content (AvgIpc) is 2.66. The Morgan fingerprint density at radius 1 is 1.35 bits per heavy atom. The number of piperidine rings is 1. The van der Waals surface area contributed by atoms with E-state index >= 15 is 0 Å². The number of amides is 1. The van der Waals surface area contributed by atoms with E-state index in [1.165, 1.54) is 12.0 Å². The lowest BCUT2D eigenvalue weighted by atomic mass is 10.0. The molecule has 0 aromatic heterocycles. The molecule has 2 rings (SSSR count). The number of methoxy groups -OCH3 is 1. The summed E-state index contributed by atoms with van der Waals surface area (Å²) in [5, 5.41) is 3.30. The molecule has 1 amide bonds. The summed E-state index contributed by atoms with van der Waals surface area (Å²) in [7, 11) is 5.42. The first-order chi connectivity index (χ1) is 12.5. The summed E-state index contributed by atoms with van der Waals surface area (Å²) in [6, 6.07) is 8.37. The van der Waals surface area contributed by atoms with Crippen LogP contribution in [0.15, 0.2) is 29.3 Å². The molecule has 0 saturated carbocycles. The lowest BCUT2D eigenvalue weighted by Gasteiger charge is -2.33. The van der Waals surface area contributed by atoms with Gasteiger partial charge in [-0.15, -0.1) is 0 Å². The second-order valence-electron chi connectivity index (χ2n) is 6.86. The number of aliphatic imine (C=N–C) groups is 1. The molecule has 6 nitrogen and oxygen atoms in total. The quantitative estimate of drug-likeness (QED) is 0.625. The molecule has 26 heavy (non-hydrogen) atoms. The molecule has 1 saturated heterocycles. The van der Waals surface area contributed by atoms with Gasteiger partial charge in [0, 0.05) is 46.2 Å². The van der Waals surface area contributed by atoms with Crippen LogP contribution in [0.2, 0.25) is 0 Å². The van der Waals surface area contributed by atoms with Gasteiger partial charge in [0.25, 0.3) is 0 Å². The molecule has 1 atom stereocenters. The van der Waals surface area contributed by atoms with Crippen LogP contribution in [-0.2, 0) is 11.3 Å². The van der Waals surface area contributed by atoms with Crippen molar-refractivity contribution < 1.29 is 9.53 Å². The number of likely N-dealkylation sites (tertiary alicyclic amines) is 1. The fraction of sp³-hybridized carbons (Fsp3) is 0.600. The molecule has 144 valence electrons. The Hall–Kier alpha value is -2.24. The Labute approximate surface area is 157 Å². The summed E-state index contributed by atoms with van der Waals surface area (Å²) in [6.45, 7) is 4.38. The number of ether oxygens (including phenoxy) is 1. The van der Waals surface area contributed by atoms with E-state index < -0.39 is 0 Å². The first kappa shape index (κ1) is 20.1. The molecule has 0 aliphatic carbocycles. The van der Waals surface area contributed by atoms with Crippen molar-refractivity contribution in [1.82, 2.24) is 15.1 Å². The molecule has 1 aromatic carbocycles. The van der Waals surface area contributed by atoms with E-state index in [0.29, 0.717) is 19.0 Å². The van der Waals surface area contributed by atoms with Gasteiger partial charge in [-0.05, 0) is 43.9 Å². The van der Waals surface area contributed by atoms with Gasteiger partial charge in [-0.3, -0.25) is 9.79 Å². The molecule has 6 heteroatoms. The van der Waals surface area contributed by atoms with Crippen LogP contribution in [0.1, 0.15) is 38.2 Å². The molecule has 0 radical (unpaired) electrons. The van der Waals surface area contributed by atoms with Crippen LogP contribution >= 0.6 is 0 Å². The molecular formula is C20H32N4O2. The Kier molecular flexibility index (Phi) is 7.75. The summed E-state index contributed by atoms with van der Waals surface area (Å²) < 4.78 is 5.19. The topological polar surface area (TPSA) is 57.2 Å². The molecule has 1 N–H and O–H groups in total. The van der Waals surface area contributed by atoms with Crippen LogP contribution in [0.5, 0.6) is 5.75 Å². The highest BCUT2D eigenvalue weighted by Gasteiger charge is 2.22. The van der Waals surface area contributed by atoms with Gasteiger partial charge in [-0.1, -0.05) is 12.1 Å². The van der Waals surface area contributed by atoms with Crippen LogP contribution in [-0.4, -0.2) is 62.0 Å². The summed E-state index contributed by atoms with van der Waals surface area (Å²) >= 11 is 0. The number of nitrogens with zero attached hydrogens (tertiary/aromatic N) is 3. The number of hydrogen-bond acceptors (Lipinski definition) is 3. The lowest BCUT2D eigenvalue weighted by molar-refractivity contribution is -0.134. The van der Waals surface area contributed by atoms with Gasteiger partial charge in [0.05, 0.1) is 7.11 Å². The Bertz CT molecular complexity index is 600. The van der Waals surface area contributed by atoms with E-state index in [4.69, 9.17) is 4.74 Å². The average molecular weight is 361 g/mol. The van der Waals surface area contributed by atoms with Gasteiger partial charge in [0.15, 0.2) is 5.96 Å². The van der Waals surface area contributed by atoms with Crippen molar-refractivity contribution in [2.24, 2.45) is 4.99 Å². The third-order valence-corrected chi connectivity index (χ3v) is 4.90. The number of guanidine groups is 1. The van der Waals surface area contributed by atoms with Gasteiger partial charge in [-0.2, -0.15) is 0 Å². The van der Waals surface area contributed by atoms with Crippen molar-refractivity contribution in [2.45, 2.75) is 45.2 Å². The fourth-order valence-corrected chi connectivity index (χ4v) is 3.36. The minimum atomic E-state index is 0.234. The molecular weight excluding hydrogens is 328 g/mol. The number of benzene rings is 1. The van der Waals surface area contributed by atoms with E-state index in [1.807, 2.05) is 36.2 Å². The Morgan fingerprint density at radius 2 is 2.08 bits per heavy atom. The Balaban J connectivity index is 1.79. The number of hydrogen-bond donors (Lipinski definition) is 1. The molecule has 1 heterocycles. The number of carbonyl (C=O) groups is 1. The summed E-state index contributed by atoms with van der Waals surface area (Å²) in [5.41, 5.74) is 1.18. The van der Waals surface area contributed by atoms with Crippen LogP contribution < -0.4 is 10.1 Å². The highest BCUT2D eigenvalue weighted by atomic mass is 16.5. The predicted octanol–water partition coefficient (Wildman–Crippen LogP) is 2.49. The molecule has 0 spiro atoms. The van der Waals surface area contributed by atoms with E-state index in [-0.39, 0.29) is 5.91 Å². The van der Waals surface area contributed by atoms with Crippen molar-refractivity contribution in [3.63, 3.8) is 0 Å². The zero-order valence-electron chi connectivity index (χ0n) is 16.5. The van der Waals surface area contributed by atoms with Crippen LogP contribution in [0.25, 0.3) is 0 Å². The van der Waals surface area contributed by atoms with Gasteiger partial charge < -0.3 is 19.9 Å². The summed E-state index contributed by atoms with van der Waals surface area (Å²) in [6.07, 6.45) is 3.97. The van der Waals surface area contributed by atoms with Crippen LogP contribution in [0.4, 0.5) is 0 Å². The van der Waals surface area contributed by atoms with E-state index in [9.17, 15) is 4.79 Å². The minimum absolute atomic E-state index is 0.234. The van der Waals surface area contributed by atoms with Gasteiger partial charge in [0.1, 0.15) is 5.75 Å². The molecule has 1 aromatic rings. The van der Waals surface area contributed by atoms with Gasteiger partial charge >= 0.3 is 0 Å². The van der Waals surface area contributed by atoms with Crippen molar-refractivity contribution >= 4 is 11.9 Å². The minimum Gasteiger partial charge on any atom is -0.497 e. The first-order valence-corrected chi connectivity index (χ1v) is 9.39. The largest absolute Gasteiger partial charge is 0.497 e. The highest BCUT2D eigenvalue weighted by Crippen LogP contribution is 2.17. The van der Waals surface area contributed by atoms with Crippen molar-refractivity contribution in [2.75, 3.05) is 34.3 Å². The normalized spacial score (nSPS) is 17.8. The third kappa shape index (κ3) is 5.64. The van der Waals surface area contributed by atoms with Gasteiger partial charge in [0.2, 0.25) is 5.91 Å². The van der Waals surface area contributed by atoms with Crippen LogP contribution in [0.3, 0.4) is 0 Å². The van der Waals surface area contributed by atoms with E-state index in [2.05, 4.69) is 22.1 Å². The fourth-order valence-electron chi connectivity index (χ4n) is 3.36. The van der Waals surface area contributed by atoms with Crippen molar-refractivity contribution in [3.8, 4) is 5.75 Å². The Morgan fingerprint density at radius 3 is 2.69 bits per heavy atom. The monoisotopic (exact) mass is 360 g/mol. The standard InChI is InChI=1S/C20H32N4O2/c1-16-7-5-6-14-24(16)19(25)12-13-22-20(21-2)23(3)15-17-8-10-18(26-4)11-9-17/h8-11,16H,5-7,12-15H2,1-4H3,(H,21,22). The van der Waals surface area contributed by atoms with Crippen LogP contribution in [0, 0.1) is 0 Å². The second kappa shape index (κ2) is 10.0.